The van der Waals surface area contributed by atoms with Gasteiger partial charge in [-0.3, -0.25) is 4.90 Å². The molecule has 0 amide bonds. The van der Waals surface area contributed by atoms with Crippen molar-refractivity contribution in [2.24, 2.45) is 0 Å². The highest BCUT2D eigenvalue weighted by Crippen LogP contribution is 2.30. The number of hydrogen-bond acceptors (Lipinski definition) is 6. The van der Waals surface area contributed by atoms with Gasteiger partial charge in [-0.25, -0.2) is 4.68 Å². The Kier molecular flexibility index (Phi) is 5.15. The van der Waals surface area contributed by atoms with Crippen molar-refractivity contribution in [2.75, 3.05) is 26.3 Å². The zero-order valence-electron chi connectivity index (χ0n) is 14.0. The average molecular weight is 355 g/mol. The number of tetrazole rings is 1. The van der Waals surface area contributed by atoms with Crippen LogP contribution < -0.4 is 0 Å². The first-order valence-corrected chi connectivity index (χ1v) is 9.45. The van der Waals surface area contributed by atoms with E-state index in [0.717, 1.165) is 45.1 Å². The molecule has 1 saturated heterocycles. The lowest BCUT2D eigenvalue weighted by Crippen LogP contribution is -2.40. The molecule has 0 spiro atoms. The summed E-state index contributed by atoms with van der Waals surface area (Å²) in [7, 11) is 0. The predicted octanol–water partition coefficient (Wildman–Crippen LogP) is 2.40. The van der Waals surface area contributed by atoms with Gasteiger partial charge < -0.3 is 4.74 Å². The smallest absolute Gasteiger partial charge is 0.173 e. The number of morpholine rings is 1. The van der Waals surface area contributed by atoms with Crippen LogP contribution in [0.3, 0.4) is 0 Å². The Morgan fingerprint density at radius 1 is 1.08 bits per heavy atom. The lowest BCUT2D eigenvalue weighted by molar-refractivity contribution is 0.0222. The minimum Gasteiger partial charge on any atom is -0.379 e. The molecule has 2 aromatic heterocycles. The first-order chi connectivity index (χ1) is 12.4. The largest absolute Gasteiger partial charge is 0.379 e. The second-order valence-corrected chi connectivity index (χ2v) is 7.04. The Hall–Kier alpha value is -2.09. The van der Waals surface area contributed by atoms with E-state index in [1.165, 1.54) is 10.4 Å². The van der Waals surface area contributed by atoms with Crippen LogP contribution in [0.1, 0.15) is 22.3 Å². The van der Waals surface area contributed by atoms with Gasteiger partial charge in [0, 0.05) is 24.5 Å². The maximum absolute atomic E-state index is 5.52. The molecule has 0 radical (unpaired) electrons. The van der Waals surface area contributed by atoms with Crippen LogP contribution in [0.4, 0.5) is 0 Å². The first kappa shape index (κ1) is 16.4. The number of thiophene rings is 1. The fourth-order valence-corrected chi connectivity index (χ4v) is 4.05. The van der Waals surface area contributed by atoms with E-state index in [2.05, 4.69) is 62.2 Å². The third kappa shape index (κ3) is 3.78. The minimum atomic E-state index is 0.0923. The molecule has 0 aliphatic carbocycles. The molecule has 0 saturated carbocycles. The number of hydrogen-bond donors (Lipinski definition) is 0. The van der Waals surface area contributed by atoms with E-state index in [1.54, 1.807) is 11.3 Å². The number of rotatable bonds is 6. The topological polar surface area (TPSA) is 56.1 Å². The SMILES string of the molecule is c1ccc(CCn2nnnc2[C@H](c2cccs2)N2CCOCC2)cc1. The van der Waals surface area contributed by atoms with Crippen LogP contribution in [0.2, 0.25) is 0 Å². The monoisotopic (exact) mass is 355 g/mol. The quantitative estimate of drug-likeness (QED) is 0.680. The van der Waals surface area contributed by atoms with Gasteiger partial charge in [-0.05, 0) is 33.9 Å². The molecule has 1 aliphatic rings. The van der Waals surface area contributed by atoms with E-state index in [9.17, 15) is 0 Å². The predicted molar refractivity (Wildman–Crippen MR) is 96.5 cm³/mol. The zero-order valence-corrected chi connectivity index (χ0v) is 14.8. The van der Waals surface area contributed by atoms with Gasteiger partial charge in [0.25, 0.3) is 0 Å². The van der Waals surface area contributed by atoms with Crippen molar-refractivity contribution < 1.29 is 4.74 Å². The summed E-state index contributed by atoms with van der Waals surface area (Å²) in [4.78, 5) is 3.69. The normalized spacial score (nSPS) is 16.8. The molecule has 1 aliphatic heterocycles. The lowest BCUT2D eigenvalue weighted by atomic mass is 10.1. The molecule has 1 atom stereocenters. The van der Waals surface area contributed by atoms with E-state index in [4.69, 9.17) is 4.74 Å². The summed E-state index contributed by atoms with van der Waals surface area (Å²) in [6.07, 6.45) is 0.916. The number of aryl methyl sites for hydroxylation is 2. The van der Waals surface area contributed by atoms with Crippen molar-refractivity contribution in [2.45, 2.75) is 19.0 Å². The van der Waals surface area contributed by atoms with E-state index in [0.29, 0.717) is 0 Å². The van der Waals surface area contributed by atoms with Crippen LogP contribution in [0.15, 0.2) is 47.8 Å². The molecule has 6 nitrogen and oxygen atoms in total. The molecule has 0 N–H and O–H groups in total. The maximum atomic E-state index is 5.52. The van der Waals surface area contributed by atoms with E-state index < -0.39 is 0 Å². The highest BCUT2D eigenvalue weighted by atomic mass is 32.1. The van der Waals surface area contributed by atoms with Gasteiger partial charge >= 0.3 is 0 Å². The Labute approximate surface area is 151 Å². The second-order valence-electron chi connectivity index (χ2n) is 6.06. The second kappa shape index (κ2) is 7.86. The van der Waals surface area contributed by atoms with Crippen molar-refractivity contribution in [1.82, 2.24) is 25.1 Å². The van der Waals surface area contributed by atoms with Gasteiger partial charge in [-0.1, -0.05) is 36.4 Å². The molecular formula is C18H21N5OS. The van der Waals surface area contributed by atoms with E-state index in [1.807, 2.05) is 10.7 Å². The van der Waals surface area contributed by atoms with Crippen LogP contribution in [-0.4, -0.2) is 51.4 Å². The molecule has 3 heterocycles. The van der Waals surface area contributed by atoms with Crippen molar-refractivity contribution in [3.63, 3.8) is 0 Å². The van der Waals surface area contributed by atoms with E-state index in [-0.39, 0.29) is 6.04 Å². The molecular weight excluding hydrogens is 334 g/mol. The summed E-state index contributed by atoms with van der Waals surface area (Å²) in [5, 5.41) is 14.7. The van der Waals surface area contributed by atoms with Crippen LogP contribution in [-0.2, 0) is 17.7 Å². The standard InChI is InChI=1S/C18H21N5OS/c1-2-5-15(6-3-1)8-9-23-18(19-20-21-23)17(16-7-4-14-25-16)22-10-12-24-13-11-22/h1-7,14,17H,8-13H2/t17-/m0/s1. The summed E-state index contributed by atoms with van der Waals surface area (Å²) >= 11 is 1.75. The molecule has 130 valence electrons. The Balaban J connectivity index is 1.58. The molecule has 0 bridgehead atoms. The first-order valence-electron chi connectivity index (χ1n) is 8.57. The van der Waals surface area contributed by atoms with Gasteiger partial charge in [-0.2, -0.15) is 0 Å². The van der Waals surface area contributed by atoms with E-state index >= 15 is 0 Å². The fourth-order valence-electron chi connectivity index (χ4n) is 3.20. The van der Waals surface area contributed by atoms with Crippen LogP contribution in [0.25, 0.3) is 0 Å². The van der Waals surface area contributed by atoms with Crippen LogP contribution in [0.5, 0.6) is 0 Å². The number of nitrogens with zero attached hydrogens (tertiary/aromatic N) is 5. The molecule has 1 aromatic carbocycles. The summed E-state index contributed by atoms with van der Waals surface area (Å²) < 4.78 is 7.47. The summed E-state index contributed by atoms with van der Waals surface area (Å²) in [6.45, 7) is 4.09. The highest BCUT2D eigenvalue weighted by Gasteiger charge is 2.29. The van der Waals surface area contributed by atoms with Gasteiger partial charge in [0.2, 0.25) is 0 Å². The third-order valence-electron chi connectivity index (χ3n) is 4.48. The summed E-state index contributed by atoms with van der Waals surface area (Å²) in [5.74, 6) is 0.917. The highest BCUT2D eigenvalue weighted by molar-refractivity contribution is 7.10. The fraction of sp³-hybridized carbons (Fsp3) is 0.389. The Morgan fingerprint density at radius 2 is 1.92 bits per heavy atom. The molecule has 0 unspecified atom stereocenters. The average Bonchev–Trinajstić information content (AvgIpc) is 3.35. The third-order valence-corrected chi connectivity index (χ3v) is 5.41. The zero-order chi connectivity index (χ0) is 16.9. The Morgan fingerprint density at radius 3 is 2.68 bits per heavy atom. The Bertz CT molecular complexity index is 768. The van der Waals surface area contributed by atoms with Crippen LogP contribution >= 0.6 is 11.3 Å². The summed E-state index contributed by atoms with van der Waals surface area (Å²) in [6, 6.07) is 14.8. The lowest BCUT2D eigenvalue weighted by Gasteiger charge is -2.33. The minimum absolute atomic E-state index is 0.0923. The van der Waals surface area contributed by atoms with Crippen LogP contribution in [0, 0.1) is 0 Å². The maximum Gasteiger partial charge on any atom is 0.173 e. The van der Waals surface area contributed by atoms with Crippen molar-refractivity contribution >= 4 is 11.3 Å². The molecule has 4 rings (SSSR count). The molecule has 7 heteroatoms. The van der Waals surface area contributed by atoms with Crippen molar-refractivity contribution in [1.29, 1.82) is 0 Å². The van der Waals surface area contributed by atoms with Crippen molar-refractivity contribution in [3.8, 4) is 0 Å². The molecule has 1 fully saturated rings. The van der Waals surface area contributed by atoms with Crippen molar-refractivity contribution in [3.05, 3.63) is 64.1 Å². The number of aromatic nitrogens is 4. The van der Waals surface area contributed by atoms with Gasteiger partial charge in [0.1, 0.15) is 6.04 Å². The molecule has 25 heavy (non-hydrogen) atoms. The van der Waals surface area contributed by atoms with Gasteiger partial charge in [0.05, 0.1) is 13.2 Å². The molecule has 3 aromatic rings. The van der Waals surface area contributed by atoms with Gasteiger partial charge in [0.15, 0.2) is 5.82 Å². The summed E-state index contributed by atoms with van der Waals surface area (Å²) in [5.41, 5.74) is 1.29. The number of ether oxygens (including phenoxy) is 1. The van der Waals surface area contributed by atoms with Gasteiger partial charge in [-0.15, -0.1) is 16.4 Å². The number of benzene rings is 1.